The summed E-state index contributed by atoms with van der Waals surface area (Å²) in [6, 6.07) is 6.73. The Labute approximate surface area is 262 Å². The van der Waals surface area contributed by atoms with E-state index in [2.05, 4.69) is 57.0 Å². The minimum absolute atomic E-state index is 0. The van der Waals surface area contributed by atoms with Gasteiger partial charge in [-0.15, -0.1) is 0 Å². The standard InChI is InChI=1S/C32H39Br2N3O3.CH4/c1-20-15-23-5-6-24-18-25(33)19-35-30(24)29(28(23)26(34)16-20)22-9-13-36(14-10-22)27(38)17-21-7-11-37(12-8-21)31(39)40-32(2,3)4;/h15-16,18-19,21H,5-14,17H2,1-4H3;1H4. The van der Waals surface area contributed by atoms with Crippen molar-refractivity contribution < 1.29 is 14.3 Å². The van der Waals surface area contributed by atoms with Gasteiger partial charge in [-0.2, -0.15) is 0 Å². The Hall–Kier alpha value is -2.19. The van der Waals surface area contributed by atoms with E-state index in [1.807, 2.05) is 31.9 Å². The van der Waals surface area contributed by atoms with Crippen molar-refractivity contribution in [2.75, 3.05) is 26.2 Å². The highest BCUT2D eigenvalue weighted by molar-refractivity contribution is 9.10. The number of hydrogen-bond donors (Lipinski definition) is 0. The maximum Gasteiger partial charge on any atom is 0.410 e. The molecule has 1 aliphatic carbocycles. The highest BCUT2D eigenvalue weighted by atomic mass is 79.9. The van der Waals surface area contributed by atoms with E-state index in [4.69, 9.17) is 9.72 Å². The lowest BCUT2D eigenvalue weighted by Gasteiger charge is -2.35. The highest BCUT2D eigenvalue weighted by Crippen LogP contribution is 2.42. The molecular formula is C33H43Br2N3O3. The Bertz CT molecular complexity index is 1330. The van der Waals surface area contributed by atoms with Crippen LogP contribution in [0, 0.1) is 12.8 Å². The molecule has 0 unspecified atom stereocenters. The first-order valence-corrected chi connectivity index (χ1v) is 16.0. The summed E-state index contributed by atoms with van der Waals surface area (Å²) in [4.78, 5) is 34.5. The van der Waals surface area contributed by atoms with Gasteiger partial charge in [-0.1, -0.05) is 35.0 Å². The Morgan fingerprint density at radius 3 is 2.27 bits per heavy atom. The summed E-state index contributed by atoms with van der Waals surface area (Å²) in [7, 11) is 0. The van der Waals surface area contributed by atoms with E-state index in [1.54, 1.807) is 4.90 Å². The number of rotatable bonds is 2. The van der Waals surface area contributed by atoms with Gasteiger partial charge in [0.15, 0.2) is 0 Å². The summed E-state index contributed by atoms with van der Waals surface area (Å²) in [5.74, 6) is 0.550. The SMILES string of the molecule is C.Cc1cc(Br)c2c(c1)CCc1cc(Br)cnc1C2=C1CCN(C(=O)CC2CCN(C(=O)OC(C)(C)C)CC2)CC1. The number of ether oxygens (including phenoxy) is 1. The van der Waals surface area contributed by atoms with Gasteiger partial charge in [0.05, 0.1) is 5.69 Å². The molecule has 1 aromatic heterocycles. The van der Waals surface area contributed by atoms with Crippen LogP contribution in [0.5, 0.6) is 0 Å². The molecule has 0 bridgehead atoms. The molecule has 1 aromatic carbocycles. The minimum Gasteiger partial charge on any atom is -0.444 e. The molecule has 3 aliphatic rings. The van der Waals surface area contributed by atoms with Crippen molar-refractivity contribution in [3.8, 4) is 0 Å². The number of amides is 2. The molecule has 2 saturated heterocycles. The first kappa shape index (κ1) is 31.7. The number of hydrogen-bond acceptors (Lipinski definition) is 4. The van der Waals surface area contributed by atoms with E-state index in [1.165, 1.54) is 33.4 Å². The molecule has 0 atom stereocenters. The predicted molar refractivity (Wildman–Crippen MR) is 172 cm³/mol. The average molecular weight is 690 g/mol. The smallest absolute Gasteiger partial charge is 0.410 e. The first-order chi connectivity index (χ1) is 19.0. The molecule has 2 fully saturated rings. The van der Waals surface area contributed by atoms with Gasteiger partial charge in [-0.05, 0) is 117 Å². The number of fused-ring (bicyclic) bond motifs is 2. The number of carbonyl (C=O) groups is 2. The summed E-state index contributed by atoms with van der Waals surface area (Å²) < 4.78 is 7.65. The van der Waals surface area contributed by atoms with E-state index >= 15 is 0 Å². The van der Waals surface area contributed by atoms with E-state index in [0.29, 0.717) is 25.4 Å². The molecule has 0 spiro atoms. The fourth-order valence-corrected chi connectivity index (χ4v) is 7.41. The third-order valence-electron chi connectivity index (χ3n) is 8.20. The predicted octanol–water partition coefficient (Wildman–Crippen LogP) is 8.11. The average Bonchev–Trinajstić information content (AvgIpc) is 3.05. The maximum absolute atomic E-state index is 13.3. The fourth-order valence-electron chi connectivity index (χ4n) is 6.22. The van der Waals surface area contributed by atoms with Gasteiger partial charge in [0, 0.05) is 58.9 Å². The van der Waals surface area contributed by atoms with Gasteiger partial charge >= 0.3 is 6.09 Å². The molecule has 0 saturated carbocycles. The number of benzene rings is 1. The molecule has 8 heteroatoms. The largest absolute Gasteiger partial charge is 0.444 e. The molecule has 2 amide bonds. The van der Waals surface area contributed by atoms with Crippen LogP contribution in [0.2, 0.25) is 0 Å². The number of piperidine rings is 2. The van der Waals surface area contributed by atoms with Crippen LogP contribution in [0.3, 0.4) is 0 Å². The molecule has 0 radical (unpaired) electrons. The number of likely N-dealkylation sites (tertiary alicyclic amines) is 2. The summed E-state index contributed by atoms with van der Waals surface area (Å²) in [5, 5.41) is 0. The van der Waals surface area contributed by atoms with E-state index in [0.717, 1.165) is 66.3 Å². The lowest BCUT2D eigenvalue weighted by atomic mass is 9.87. The van der Waals surface area contributed by atoms with Gasteiger partial charge in [0.25, 0.3) is 0 Å². The quantitative estimate of drug-likeness (QED) is 0.320. The van der Waals surface area contributed by atoms with Crippen LogP contribution in [-0.4, -0.2) is 58.6 Å². The van der Waals surface area contributed by atoms with Crippen molar-refractivity contribution in [1.29, 1.82) is 0 Å². The van der Waals surface area contributed by atoms with Gasteiger partial charge in [-0.3, -0.25) is 9.78 Å². The second kappa shape index (κ2) is 13.0. The van der Waals surface area contributed by atoms with Crippen molar-refractivity contribution in [3.63, 3.8) is 0 Å². The van der Waals surface area contributed by atoms with Crippen LogP contribution in [0.1, 0.15) is 88.2 Å². The number of carbonyl (C=O) groups excluding carboxylic acids is 2. The van der Waals surface area contributed by atoms with Crippen molar-refractivity contribution in [2.24, 2.45) is 5.92 Å². The monoisotopic (exact) mass is 687 g/mol. The third-order valence-corrected chi connectivity index (χ3v) is 9.26. The summed E-state index contributed by atoms with van der Waals surface area (Å²) in [5.41, 5.74) is 8.39. The third kappa shape index (κ3) is 7.42. The lowest BCUT2D eigenvalue weighted by Crippen LogP contribution is -2.43. The van der Waals surface area contributed by atoms with Crippen molar-refractivity contribution >= 4 is 49.4 Å². The van der Waals surface area contributed by atoms with Crippen LogP contribution < -0.4 is 0 Å². The second-order valence-corrected chi connectivity index (χ2v) is 14.2. The lowest BCUT2D eigenvalue weighted by molar-refractivity contribution is -0.133. The van der Waals surface area contributed by atoms with Gasteiger partial charge < -0.3 is 14.5 Å². The summed E-state index contributed by atoms with van der Waals surface area (Å²) in [6.45, 7) is 10.6. The van der Waals surface area contributed by atoms with Crippen molar-refractivity contribution in [3.05, 3.63) is 66.9 Å². The Morgan fingerprint density at radius 2 is 1.61 bits per heavy atom. The number of halogens is 2. The number of aromatic nitrogens is 1. The fraction of sp³-hybridized carbons (Fsp3) is 0.545. The molecule has 2 aliphatic heterocycles. The topological polar surface area (TPSA) is 62.7 Å². The van der Waals surface area contributed by atoms with Crippen LogP contribution in [-0.2, 0) is 22.4 Å². The molecule has 6 nitrogen and oxygen atoms in total. The molecule has 0 N–H and O–H groups in total. The molecule has 41 heavy (non-hydrogen) atoms. The molecular weight excluding hydrogens is 646 g/mol. The molecule has 3 heterocycles. The molecule has 222 valence electrons. The normalized spacial score (nSPS) is 17.8. The zero-order chi connectivity index (χ0) is 28.6. The van der Waals surface area contributed by atoms with Crippen LogP contribution in [0.25, 0.3) is 5.57 Å². The summed E-state index contributed by atoms with van der Waals surface area (Å²) in [6.07, 6.45) is 7.54. The Balaban J connectivity index is 0.00000387. The van der Waals surface area contributed by atoms with Crippen LogP contribution >= 0.6 is 31.9 Å². The van der Waals surface area contributed by atoms with Gasteiger partial charge in [-0.25, -0.2) is 4.79 Å². The number of aryl methyl sites for hydroxylation is 3. The molecule has 5 rings (SSSR count). The highest BCUT2D eigenvalue weighted by Gasteiger charge is 2.31. The Kier molecular flexibility index (Phi) is 10.1. The van der Waals surface area contributed by atoms with E-state index in [9.17, 15) is 9.59 Å². The summed E-state index contributed by atoms with van der Waals surface area (Å²) >= 11 is 7.51. The minimum atomic E-state index is -0.491. The van der Waals surface area contributed by atoms with E-state index < -0.39 is 5.60 Å². The zero-order valence-electron chi connectivity index (χ0n) is 24.0. The zero-order valence-corrected chi connectivity index (χ0v) is 27.2. The number of pyridine rings is 1. The Morgan fingerprint density at radius 1 is 0.951 bits per heavy atom. The van der Waals surface area contributed by atoms with Crippen molar-refractivity contribution in [2.45, 2.75) is 85.7 Å². The first-order valence-electron chi connectivity index (χ1n) is 14.4. The van der Waals surface area contributed by atoms with Gasteiger partial charge in [0.1, 0.15) is 5.60 Å². The molecule has 2 aromatic rings. The maximum atomic E-state index is 13.3. The second-order valence-electron chi connectivity index (χ2n) is 12.4. The van der Waals surface area contributed by atoms with E-state index in [-0.39, 0.29) is 19.4 Å². The van der Waals surface area contributed by atoms with Crippen LogP contribution in [0.15, 0.2) is 38.9 Å². The van der Waals surface area contributed by atoms with Gasteiger partial charge in [0.2, 0.25) is 5.91 Å². The van der Waals surface area contributed by atoms with Crippen molar-refractivity contribution in [1.82, 2.24) is 14.8 Å². The number of nitrogens with zero attached hydrogens (tertiary/aromatic N) is 3. The van der Waals surface area contributed by atoms with Crippen LogP contribution in [0.4, 0.5) is 4.79 Å².